The third-order valence-electron chi connectivity index (χ3n) is 0.999. The van der Waals surface area contributed by atoms with Gasteiger partial charge in [-0.1, -0.05) is 0 Å². The van der Waals surface area contributed by atoms with Crippen molar-refractivity contribution in [2.24, 2.45) is 0 Å². The molecule has 8 nitrogen and oxygen atoms in total. The average Bonchev–Trinajstić information content (AvgIpc) is 2.11. The molecule has 0 amide bonds. The highest BCUT2D eigenvalue weighted by Crippen LogP contribution is 1.64. The van der Waals surface area contributed by atoms with Gasteiger partial charge < -0.3 is 25.4 Å². The van der Waals surface area contributed by atoms with Crippen LogP contribution in [0.5, 0.6) is 0 Å². The molecule has 2 N–H and O–H groups in total. The van der Waals surface area contributed by atoms with Crippen LogP contribution in [0.1, 0.15) is 6.42 Å². The van der Waals surface area contributed by atoms with Gasteiger partial charge >= 0.3 is 5.97 Å². The van der Waals surface area contributed by atoms with E-state index in [0.717, 1.165) is 0 Å². The quantitative estimate of drug-likeness (QED) is 0.254. The number of nitrogens with zero attached hydrogens (tertiary/aromatic N) is 2. The van der Waals surface area contributed by atoms with Gasteiger partial charge in [-0.05, 0) is 0 Å². The Labute approximate surface area is 80.2 Å². The standard InChI is InChI=1S/C6H10N2O2.NO3/c1-10-6(9)5-8-4-2-3-7;2-1(3)4/h8H,2,4-5H2,1H3;/q;-1/p+1. The van der Waals surface area contributed by atoms with Gasteiger partial charge in [-0.2, -0.15) is 5.26 Å². The molecule has 0 aromatic carbocycles. The van der Waals surface area contributed by atoms with E-state index in [9.17, 15) is 4.79 Å². The third-order valence-corrected chi connectivity index (χ3v) is 0.999. The molecule has 0 rings (SSSR count). The maximum Gasteiger partial charge on any atom is 0.361 e. The lowest BCUT2D eigenvalue weighted by Gasteiger charge is -1.95. The summed E-state index contributed by atoms with van der Waals surface area (Å²) >= 11 is 0. The first-order chi connectivity index (χ1) is 6.54. The van der Waals surface area contributed by atoms with E-state index in [0.29, 0.717) is 19.5 Å². The molecule has 0 saturated carbocycles. The summed E-state index contributed by atoms with van der Waals surface area (Å²) in [5.41, 5.74) is 0. The molecule has 0 aliphatic carbocycles. The van der Waals surface area contributed by atoms with Crippen LogP contribution in [-0.4, -0.2) is 31.3 Å². The predicted octanol–water partition coefficient (Wildman–Crippen LogP) is -1.60. The number of carbonyl (C=O) groups excluding carboxylic acids is 1. The Morgan fingerprint density at radius 3 is 2.50 bits per heavy atom. The van der Waals surface area contributed by atoms with Gasteiger partial charge in [-0.3, -0.25) is 0 Å². The molecule has 0 fully saturated rings. The molecule has 0 heterocycles. The fourth-order valence-corrected chi connectivity index (χ4v) is 0.470. The second-order valence-corrected chi connectivity index (χ2v) is 1.99. The van der Waals surface area contributed by atoms with Crippen LogP contribution in [0.25, 0.3) is 0 Å². The van der Waals surface area contributed by atoms with Crippen molar-refractivity contribution in [2.75, 3.05) is 20.2 Å². The van der Waals surface area contributed by atoms with Crippen molar-refractivity contribution in [3.8, 4) is 6.07 Å². The van der Waals surface area contributed by atoms with Crippen molar-refractivity contribution in [2.45, 2.75) is 6.42 Å². The summed E-state index contributed by atoms with van der Waals surface area (Å²) in [5, 5.41) is 24.6. The smallest absolute Gasteiger partial charge is 0.361 e. The topological polar surface area (TPSA) is 133 Å². The van der Waals surface area contributed by atoms with Crippen LogP contribution in [0.4, 0.5) is 0 Å². The summed E-state index contributed by atoms with van der Waals surface area (Å²) in [6.45, 7) is 0.962. The molecule has 14 heavy (non-hydrogen) atoms. The summed E-state index contributed by atoms with van der Waals surface area (Å²) in [6.07, 6.45) is 0.469. The third kappa shape index (κ3) is 22.5. The minimum absolute atomic E-state index is 0.252. The van der Waals surface area contributed by atoms with Gasteiger partial charge in [0, 0.05) is 0 Å². The van der Waals surface area contributed by atoms with Crippen LogP contribution < -0.4 is 5.32 Å². The first kappa shape index (κ1) is 14.6. The molecular formula is C6H11N3O5. The lowest BCUT2D eigenvalue weighted by molar-refractivity contribution is -0.644. The van der Waals surface area contributed by atoms with Crippen molar-refractivity contribution >= 4 is 5.97 Å². The number of nitriles is 1. The second kappa shape index (κ2) is 11.1. The molecule has 80 valence electrons. The Hall–Kier alpha value is -1.88. The van der Waals surface area contributed by atoms with E-state index < -0.39 is 5.09 Å². The van der Waals surface area contributed by atoms with E-state index in [1.54, 1.807) is 5.32 Å². The minimum atomic E-state index is -1.75. The van der Waals surface area contributed by atoms with Crippen LogP contribution in [0.15, 0.2) is 0 Å². The lowest BCUT2D eigenvalue weighted by Crippen LogP contribution is -2.86. The fourth-order valence-electron chi connectivity index (χ4n) is 0.470. The van der Waals surface area contributed by atoms with E-state index in [4.69, 9.17) is 20.6 Å². The van der Waals surface area contributed by atoms with Gasteiger partial charge in [-0.25, -0.2) is 4.79 Å². The molecule has 0 aliphatic rings. The summed E-state index contributed by atoms with van der Waals surface area (Å²) < 4.78 is 4.38. The number of carbonyl (C=O) groups is 1. The molecule has 0 saturated heterocycles. The van der Waals surface area contributed by atoms with Gasteiger partial charge in [0.2, 0.25) is 0 Å². The Bertz CT molecular complexity index is 208. The normalized spacial score (nSPS) is 7.71. The van der Waals surface area contributed by atoms with Crippen molar-refractivity contribution < 1.29 is 19.9 Å². The van der Waals surface area contributed by atoms with Gasteiger partial charge in [-0.15, -0.1) is 0 Å². The van der Waals surface area contributed by atoms with E-state index in [1.807, 2.05) is 6.07 Å². The van der Waals surface area contributed by atoms with Crippen molar-refractivity contribution in [3.63, 3.8) is 0 Å². The minimum Gasteiger partial charge on any atom is -0.465 e. The molecule has 8 heteroatoms. The highest BCUT2D eigenvalue weighted by atomic mass is 16.9. The number of nitrogens with two attached hydrogens (primary N) is 1. The summed E-state index contributed by atoms with van der Waals surface area (Å²) in [6, 6.07) is 1.98. The maximum atomic E-state index is 10.4. The lowest BCUT2D eigenvalue weighted by atomic mass is 10.4. The van der Waals surface area contributed by atoms with E-state index in [-0.39, 0.29) is 5.97 Å². The number of esters is 1. The molecule has 0 aliphatic heterocycles. The molecule has 0 bridgehead atoms. The summed E-state index contributed by atoms with van der Waals surface area (Å²) in [5.74, 6) is -0.252. The van der Waals surface area contributed by atoms with E-state index in [2.05, 4.69) is 4.74 Å². The fraction of sp³-hybridized carbons (Fsp3) is 0.667. The molecule has 0 aromatic rings. The zero-order valence-corrected chi connectivity index (χ0v) is 7.63. The molecule has 0 unspecified atom stereocenters. The SMILES string of the molecule is COC(=O)C[NH2+]CCC#N.O=[N+]([O-])[O-]. The Kier molecular flexibility index (Phi) is 11.6. The van der Waals surface area contributed by atoms with Crippen LogP contribution in [0, 0.1) is 26.7 Å². The first-order valence-corrected chi connectivity index (χ1v) is 3.61. The molecule has 0 aromatic heterocycles. The highest BCUT2D eigenvalue weighted by molar-refractivity contribution is 5.69. The summed E-state index contributed by atoms with van der Waals surface area (Å²) in [4.78, 5) is 18.7. The Morgan fingerprint density at radius 2 is 2.14 bits per heavy atom. The van der Waals surface area contributed by atoms with Crippen molar-refractivity contribution in [3.05, 3.63) is 15.3 Å². The molecule has 0 atom stereocenters. The van der Waals surface area contributed by atoms with Crippen molar-refractivity contribution in [1.29, 1.82) is 5.26 Å². The zero-order valence-electron chi connectivity index (χ0n) is 7.63. The largest absolute Gasteiger partial charge is 0.465 e. The average molecular weight is 205 g/mol. The number of ether oxygens (including phenoxy) is 1. The monoisotopic (exact) mass is 205 g/mol. The highest BCUT2D eigenvalue weighted by Gasteiger charge is 1.99. The van der Waals surface area contributed by atoms with Crippen LogP contribution in [0.3, 0.4) is 0 Å². The first-order valence-electron chi connectivity index (χ1n) is 3.61. The number of rotatable bonds is 4. The van der Waals surface area contributed by atoms with E-state index in [1.165, 1.54) is 7.11 Å². The molecule has 0 radical (unpaired) electrons. The van der Waals surface area contributed by atoms with Crippen LogP contribution in [0.2, 0.25) is 0 Å². The van der Waals surface area contributed by atoms with Gasteiger partial charge in [0.15, 0.2) is 6.54 Å². The van der Waals surface area contributed by atoms with Crippen LogP contribution in [-0.2, 0) is 9.53 Å². The number of hydrogen-bond acceptors (Lipinski definition) is 6. The number of hydrogen-bond donors (Lipinski definition) is 1. The maximum absolute atomic E-state index is 10.4. The van der Waals surface area contributed by atoms with Gasteiger partial charge in [0.25, 0.3) is 0 Å². The number of methoxy groups -OCH3 is 1. The molecule has 0 spiro atoms. The molecular weight excluding hydrogens is 194 g/mol. The zero-order chi connectivity index (χ0) is 11.4. The van der Waals surface area contributed by atoms with Crippen LogP contribution >= 0.6 is 0 Å². The second-order valence-electron chi connectivity index (χ2n) is 1.99. The predicted molar refractivity (Wildman–Crippen MR) is 44.3 cm³/mol. The Balaban J connectivity index is 0. The number of quaternary nitrogens is 1. The van der Waals surface area contributed by atoms with E-state index >= 15 is 0 Å². The van der Waals surface area contributed by atoms with Gasteiger partial charge in [0.05, 0.1) is 31.2 Å². The van der Waals surface area contributed by atoms with Crippen molar-refractivity contribution in [1.82, 2.24) is 0 Å². The summed E-state index contributed by atoms with van der Waals surface area (Å²) in [7, 11) is 1.35. The van der Waals surface area contributed by atoms with Gasteiger partial charge in [0.1, 0.15) is 0 Å². The Morgan fingerprint density at radius 1 is 1.64 bits per heavy atom.